The fourth-order valence-corrected chi connectivity index (χ4v) is 11.4. The molecule has 12 heteroatoms. The Morgan fingerprint density at radius 2 is 0.683 bits per heavy atom. The second-order valence-electron chi connectivity index (χ2n) is 24.5. The fourth-order valence-electron chi connectivity index (χ4n) is 11.4. The summed E-state index contributed by atoms with van der Waals surface area (Å²) < 4.78 is 25.1. The van der Waals surface area contributed by atoms with Gasteiger partial charge < -0.3 is 40.2 Å². The minimum atomic E-state index is -1.64. The van der Waals surface area contributed by atoms with E-state index in [4.69, 9.17) is 18.9 Å². The third kappa shape index (κ3) is 15.8. The van der Waals surface area contributed by atoms with Gasteiger partial charge >= 0.3 is 23.9 Å². The molecule has 4 N–H and O–H groups in total. The highest BCUT2D eigenvalue weighted by Gasteiger charge is 2.48. The molecule has 4 heterocycles. The Labute approximate surface area is 363 Å². The van der Waals surface area contributed by atoms with Crippen LogP contribution in [0.25, 0.3) is 0 Å². The molecule has 4 aliphatic heterocycles. The molecule has 0 aromatic heterocycles. The Hall–Kier alpha value is -2.28. The number of carbonyl (C=O) groups is 4. The summed E-state index contributed by atoms with van der Waals surface area (Å²) in [6.07, 6.45) is 5.60. The van der Waals surface area contributed by atoms with Gasteiger partial charge in [0.2, 0.25) is 0 Å². The molecule has 5 atom stereocenters. The van der Waals surface area contributed by atoms with Gasteiger partial charge in [-0.3, -0.25) is 19.2 Å². The van der Waals surface area contributed by atoms with Crippen LogP contribution in [0.3, 0.4) is 0 Å². The zero-order valence-electron chi connectivity index (χ0n) is 40.6. The van der Waals surface area contributed by atoms with Crippen LogP contribution in [-0.4, -0.2) is 92.6 Å². The average molecular weight is 847 g/mol. The second-order valence-corrected chi connectivity index (χ2v) is 24.5. The lowest BCUT2D eigenvalue weighted by Gasteiger charge is -2.35. The number of rotatable bonds is 11. The molecule has 0 aliphatic carbocycles. The minimum Gasteiger partial charge on any atom is -0.462 e. The Bertz CT molecular complexity index is 1480. The molecule has 60 heavy (non-hydrogen) atoms. The smallest absolute Gasteiger partial charge is 0.321 e. The number of ether oxygens (including phenoxy) is 4. The summed E-state index contributed by atoms with van der Waals surface area (Å²) >= 11 is 0. The third-order valence-electron chi connectivity index (χ3n) is 13.0. The van der Waals surface area contributed by atoms with Gasteiger partial charge in [-0.25, -0.2) is 0 Å². The summed E-state index contributed by atoms with van der Waals surface area (Å²) in [7, 11) is 0. The number of hydrogen-bond donors (Lipinski definition) is 4. The van der Waals surface area contributed by atoms with Gasteiger partial charge in [-0.05, 0) is 169 Å². The first-order valence-corrected chi connectivity index (χ1v) is 23.1. The highest BCUT2D eigenvalue weighted by Crippen LogP contribution is 2.36. The summed E-state index contributed by atoms with van der Waals surface area (Å²) in [5.74, 6) is -5.78. The van der Waals surface area contributed by atoms with Crippen molar-refractivity contribution < 1.29 is 38.1 Å². The Kier molecular flexibility index (Phi) is 15.5. The van der Waals surface area contributed by atoms with E-state index in [9.17, 15) is 19.2 Å². The lowest BCUT2D eigenvalue weighted by molar-refractivity contribution is -0.180. The second kappa shape index (κ2) is 18.4. The minimum absolute atomic E-state index is 0.124. The molecule has 12 nitrogen and oxygen atoms in total. The maximum Gasteiger partial charge on any atom is 0.321 e. The van der Waals surface area contributed by atoms with Crippen molar-refractivity contribution >= 4 is 23.9 Å². The van der Waals surface area contributed by atoms with Crippen molar-refractivity contribution in [2.75, 3.05) is 0 Å². The molecule has 5 unspecified atom stereocenters. The molecule has 4 rings (SSSR count). The summed E-state index contributed by atoms with van der Waals surface area (Å²) in [5, 5.41) is 14.7. The molecule has 0 aromatic carbocycles. The number of esters is 4. The van der Waals surface area contributed by atoms with Crippen molar-refractivity contribution in [3.05, 3.63) is 0 Å². The van der Waals surface area contributed by atoms with Gasteiger partial charge in [-0.15, -0.1) is 0 Å². The predicted octanol–water partition coefficient (Wildman–Crippen LogP) is 7.97. The van der Waals surface area contributed by atoms with Crippen LogP contribution in [0, 0.1) is 11.8 Å². The molecule has 4 aliphatic rings. The normalized spacial score (nSPS) is 31.3. The summed E-state index contributed by atoms with van der Waals surface area (Å²) in [6, 6.07) is 0. The summed E-state index contributed by atoms with van der Waals surface area (Å²) in [6.45, 7) is 33.8. The fraction of sp³-hybridized carbons (Fsp3) is 0.917. The van der Waals surface area contributed by atoms with E-state index in [0.717, 1.165) is 25.7 Å². The molecule has 4 fully saturated rings. The first-order chi connectivity index (χ1) is 27.1. The van der Waals surface area contributed by atoms with Crippen molar-refractivity contribution in [3.8, 4) is 0 Å². The standard InChI is InChI=1S/C48H86N4O8/c1-41(2)23-19-31(27-45(9,10)49-41)57-36(53)18-17-35(38(54)58-32-20-24-42(3,4)50-46(11,12)28-32)37(39(55)59-33-21-25-43(5,6)51-47(13,14)29-33)40(56)60-34-22-26-44(7,8)52-48(15,16)30-34/h31-35,37,49-52H,17-30H2,1-16H3. The van der Waals surface area contributed by atoms with Gasteiger partial charge in [-0.1, -0.05) is 0 Å². The quantitative estimate of drug-likeness (QED) is 0.0907. The number of hydrogen-bond acceptors (Lipinski definition) is 12. The van der Waals surface area contributed by atoms with E-state index >= 15 is 0 Å². The van der Waals surface area contributed by atoms with Crippen LogP contribution < -0.4 is 21.3 Å². The molecule has 0 radical (unpaired) electrons. The first-order valence-electron chi connectivity index (χ1n) is 23.1. The Morgan fingerprint density at radius 1 is 0.417 bits per heavy atom. The van der Waals surface area contributed by atoms with Crippen LogP contribution in [-0.2, 0) is 38.1 Å². The van der Waals surface area contributed by atoms with Gasteiger partial charge in [-0.2, -0.15) is 0 Å². The van der Waals surface area contributed by atoms with E-state index in [1.807, 2.05) is 0 Å². The van der Waals surface area contributed by atoms with Crippen LogP contribution in [0.2, 0.25) is 0 Å². The van der Waals surface area contributed by atoms with Gasteiger partial charge in [0, 0.05) is 76.4 Å². The monoisotopic (exact) mass is 847 g/mol. The molecular weight excluding hydrogens is 761 g/mol. The van der Waals surface area contributed by atoms with Crippen molar-refractivity contribution in [1.29, 1.82) is 0 Å². The summed E-state index contributed by atoms with van der Waals surface area (Å²) in [4.78, 5) is 58.2. The molecule has 0 amide bonds. The number of nitrogens with one attached hydrogen (secondary N) is 4. The third-order valence-corrected chi connectivity index (χ3v) is 13.0. The van der Waals surface area contributed by atoms with E-state index in [0.29, 0.717) is 51.4 Å². The highest BCUT2D eigenvalue weighted by atomic mass is 16.6. The van der Waals surface area contributed by atoms with Crippen LogP contribution in [0.1, 0.15) is 201 Å². The summed E-state index contributed by atoms with van der Waals surface area (Å²) in [5.41, 5.74) is -2.04. The van der Waals surface area contributed by atoms with Gasteiger partial charge in [0.15, 0.2) is 5.92 Å². The molecule has 4 saturated heterocycles. The van der Waals surface area contributed by atoms with Crippen molar-refractivity contribution in [2.24, 2.45) is 11.8 Å². The number of carbonyl (C=O) groups excluding carboxylic acids is 4. The largest absolute Gasteiger partial charge is 0.462 e. The first kappa shape index (κ1) is 50.4. The molecule has 0 aromatic rings. The van der Waals surface area contributed by atoms with E-state index in [2.05, 4.69) is 132 Å². The SMILES string of the molecule is CC1(C)CCC(OC(=O)CCC(C(=O)OC2CCC(C)(C)NC(C)(C)C2)C(C(=O)OC2CCC(C)(C)NC(C)(C)C2)C(=O)OC2CCC(C)(C)NC(C)(C)C2)CC(C)(C)N1. The van der Waals surface area contributed by atoms with E-state index < -0.39 is 54.0 Å². The lowest BCUT2D eigenvalue weighted by Crippen LogP contribution is -2.51. The van der Waals surface area contributed by atoms with Gasteiger partial charge in [0.05, 0.1) is 5.92 Å². The highest BCUT2D eigenvalue weighted by molar-refractivity contribution is 5.99. The zero-order chi connectivity index (χ0) is 45.3. The van der Waals surface area contributed by atoms with Crippen LogP contribution in [0.15, 0.2) is 0 Å². The van der Waals surface area contributed by atoms with Crippen LogP contribution in [0.5, 0.6) is 0 Å². The molecular formula is C48H86N4O8. The van der Waals surface area contributed by atoms with E-state index in [-0.39, 0.29) is 63.3 Å². The van der Waals surface area contributed by atoms with E-state index in [1.54, 1.807) is 0 Å². The van der Waals surface area contributed by atoms with Crippen molar-refractivity contribution in [1.82, 2.24) is 21.3 Å². The average Bonchev–Trinajstić information content (AvgIpc) is 3.32. The molecule has 346 valence electrons. The van der Waals surface area contributed by atoms with E-state index in [1.165, 1.54) is 0 Å². The van der Waals surface area contributed by atoms with Crippen molar-refractivity contribution in [2.45, 2.75) is 269 Å². The molecule has 0 spiro atoms. The molecule has 0 saturated carbocycles. The zero-order valence-corrected chi connectivity index (χ0v) is 40.6. The maximum absolute atomic E-state index is 14.8. The Balaban J connectivity index is 1.69. The van der Waals surface area contributed by atoms with Gasteiger partial charge in [0.1, 0.15) is 24.4 Å². The lowest BCUT2D eigenvalue weighted by atomic mass is 9.87. The topological polar surface area (TPSA) is 153 Å². The van der Waals surface area contributed by atoms with Crippen LogP contribution in [0.4, 0.5) is 0 Å². The van der Waals surface area contributed by atoms with Crippen molar-refractivity contribution in [3.63, 3.8) is 0 Å². The van der Waals surface area contributed by atoms with Gasteiger partial charge in [0.25, 0.3) is 0 Å². The maximum atomic E-state index is 14.8. The van der Waals surface area contributed by atoms with Crippen LogP contribution >= 0.6 is 0 Å². The Morgan fingerprint density at radius 3 is 0.983 bits per heavy atom. The predicted molar refractivity (Wildman–Crippen MR) is 236 cm³/mol. The molecule has 0 bridgehead atoms.